The van der Waals surface area contributed by atoms with Gasteiger partial charge in [-0.3, -0.25) is 10.1 Å². The lowest BCUT2D eigenvalue weighted by Crippen LogP contribution is -2.28. The molecule has 1 rings (SSSR count). The van der Waals surface area contributed by atoms with E-state index in [4.69, 9.17) is 4.74 Å². The van der Waals surface area contributed by atoms with Crippen molar-refractivity contribution in [2.75, 3.05) is 20.3 Å². The van der Waals surface area contributed by atoms with Gasteiger partial charge in [0.05, 0.1) is 11.5 Å². The Morgan fingerprint density at radius 2 is 2.11 bits per heavy atom. The number of aryl methyl sites for hydroxylation is 1. The average Bonchev–Trinajstić information content (AvgIpc) is 2.28. The molecule has 0 unspecified atom stereocenters. The third-order valence-electron chi connectivity index (χ3n) is 2.25. The minimum Gasteiger partial charge on any atom is -0.383 e. The van der Waals surface area contributed by atoms with Gasteiger partial charge in [0, 0.05) is 19.7 Å². The van der Waals surface area contributed by atoms with E-state index in [1.54, 1.807) is 0 Å². The summed E-state index contributed by atoms with van der Waals surface area (Å²) in [5.41, 5.74) is -0.103. The van der Waals surface area contributed by atoms with Gasteiger partial charge in [-0.25, -0.2) is 13.1 Å². The number of nitrogens with one attached hydrogen (secondary N) is 1. The van der Waals surface area contributed by atoms with Crippen LogP contribution in [0.25, 0.3) is 0 Å². The summed E-state index contributed by atoms with van der Waals surface area (Å²) in [5, 5.41) is 10.8. The molecule has 1 N–H and O–H groups in total. The maximum atomic E-state index is 12.0. The molecular formula is C10H14N2O5S. The molecule has 0 saturated carbocycles. The number of nitrogens with zero attached hydrogens (tertiary/aromatic N) is 1. The fraction of sp³-hybridized carbons (Fsp3) is 0.400. The van der Waals surface area contributed by atoms with Gasteiger partial charge in [0.2, 0.25) is 10.0 Å². The van der Waals surface area contributed by atoms with Crippen LogP contribution in [0.4, 0.5) is 5.69 Å². The largest absolute Gasteiger partial charge is 0.383 e. The van der Waals surface area contributed by atoms with Gasteiger partial charge in [0.15, 0.2) is 4.90 Å². The summed E-state index contributed by atoms with van der Waals surface area (Å²) in [5.74, 6) is 0. The minimum atomic E-state index is -3.91. The summed E-state index contributed by atoms with van der Waals surface area (Å²) in [6.45, 7) is 1.76. The summed E-state index contributed by atoms with van der Waals surface area (Å²) in [7, 11) is -2.48. The molecule has 7 nitrogen and oxygen atoms in total. The number of hydrogen-bond donors (Lipinski definition) is 1. The van der Waals surface area contributed by atoms with Gasteiger partial charge in [-0.1, -0.05) is 12.1 Å². The molecule has 0 radical (unpaired) electrons. The molecule has 0 aliphatic carbocycles. The van der Waals surface area contributed by atoms with Gasteiger partial charge in [0.1, 0.15) is 0 Å². The maximum absolute atomic E-state index is 12.0. The summed E-state index contributed by atoms with van der Waals surface area (Å²) in [6, 6.07) is 4.12. The van der Waals surface area contributed by atoms with E-state index < -0.39 is 20.6 Å². The number of rotatable bonds is 6. The van der Waals surface area contributed by atoms with E-state index in [0.717, 1.165) is 6.07 Å². The van der Waals surface area contributed by atoms with Gasteiger partial charge in [-0.15, -0.1) is 0 Å². The Hall–Kier alpha value is -1.51. The highest BCUT2D eigenvalue weighted by Gasteiger charge is 2.27. The monoisotopic (exact) mass is 274 g/mol. The van der Waals surface area contributed by atoms with Crippen LogP contribution in [-0.2, 0) is 14.8 Å². The number of benzene rings is 1. The van der Waals surface area contributed by atoms with E-state index >= 15 is 0 Å². The maximum Gasteiger partial charge on any atom is 0.289 e. The Labute approximate surface area is 105 Å². The molecule has 1 aromatic carbocycles. The standard InChI is InChI=1S/C10H14N2O5S/c1-8-4-3-5-9(12(13)14)10(8)18(15,16)11-6-7-17-2/h3-5,11H,6-7H2,1-2H3. The van der Waals surface area contributed by atoms with E-state index in [9.17, 15) is 18.5 Å². The van der Waals surface area contributed by atoms with Crippen LogP contribution in [0.15, 0.2) is 23.1 Å². The zero-order valence-electron chi connectivity index (χ0n) is 10.0. The molecule has 0 amide bonds. The van der Waals surface area contributed by atoms with Gasteiger partial charge in [-0.05, 0) is 12.5 Å². The van der Waals surface area contributed by atoms with Crippen LogP contribution < -0.4 is 4.72 Å². The molecular weight excluding hydrogens is 260 g/mol. The fourth-order valence-electron chi connectivity index (χ4n) is 1.48. The Balaban J connectivity index is 3.19. The predicted molar refractivity (Wildman–Crippen MR) is 64.9 cm³/mol. The molecule has 100 valence electrons. The van der Waals surface area contributed by atoms with Crippen LogP contribution in [0.3, 0.4) is 0 Å². The van der Waals surface area contributed by atoms with E-state index in [-0.39, 0.29) is 18.0 Å². The minimum absolute atomic E-state index is 0.0598. The first-order valence-corrected chi connectivity index (χ1v) is 6.61. The van der Waals surface area contributed by atoms with Crippen LogP contribution in [0, 0.1) is 17.0 Å². The van der Waals surface area contributed by atoms with E-state index in [1.807, 2.05) is 0 Å². The SMILES string of the molecule is COCCNS(=O)(=O)c1c(C)cccc1[N+](=O)[O-]. The van der Waals surface area contributed by atoms with Crippen molar-refractivity contribution >= 4 is 15.7 Å². The zero-order chi connectivity index (χ0) is 13.8. The first-order valence-electron chi connectivity index (χ1n) is 5.12. The summed E-state index contributed by atoms with van der Waals surface area (Å²) < 4.78 is 30.9. The molecule has 0 aromatic heterocycles. The predicted octanol–water partition coefficient (Wildman–Crippen LogP) is 0.828. The highest BCUT2D eigenvalue weighted by molar-refractivity contribution is 7.89. The second-order valence-corrected chi connectivity index (χ2v) is 5.27. The number of hydrogen-bond acceptors (Lipinski definition) is 5. The molecule has 0 spiro atoms. The normalized spacial score (nSPS) is 11.4. The van der Waals surface area contributed by atoms with Crippen molar-refractivity contribution in [2.24, 2.45) is 0 Å². The number of ether oxygens (including phenoxy) is 1. The number of nitro groups is 1. The van der Waals surface area contributed by atoms with Crippen LogP contribution in [0.5, 0.6) is 0 Å². The quantitative estimate of drug-likeness (QED) is 0.470. The van der Waals surface area contributed by atoms with E-state index in [1.165, 1.54) is 26.2 Å². The third-order valence-corrected chi connectivity index (χ3v) is 3.91. The first kappa shape index (κ1) is 14.6. The highest BCUT2D eigenvalue weighted by atomic mass is 32.2. The van der Waals surface area contributed by atoms with Crippen molar-refractivity contribution in [1.29, 1.82) is 0 Å². The Bertz CT molecular complexity index is 541. The second kappa shape index (κ2) is 5.89. The Morgan fingerprint density at radius 1 is 1.44 bits per heavy atom. The molecule has 1 aromatic rings. The van der Waals surface area contributed by atoms with Gasteiger partial charge >= 0.3 is 0 Å². The fourth-order valence-corrected chi connectivity index (χ4v) is 2.89. The van der Waals surface area contributed by atoms with E-state index in [2.05, 4.69) is 4.72 Å². The Kier molecular flexibility index (Phi) is 4.76. The van der Waals surface area contributed by atoms with Crippen molar-refractivity contribution in [3.8, 4) is 0 Å². The zero-order valence-corrected chi connectivity index (χ0v) is 10.9. The smallest absolute Gasteiger partial charge is 0.289 e. The lowest BCUT2D eigenvalue weighted by atomic mass is 10.2. The average molecular weight is 274 g/mol. The summed E-state index contributed by atoms with van der Waals surface area (Å²) in [4.78, 5) is 9.83. The van der Waals surface area contributed by atoms with Crippen LogP contribution in [0.2, 0.25) is 0 Å². The second-order valence-electron chi connectivity index (χ2n) is 3.57. The molecule has 0 heterocycles. The van der Waals surface area contributed by atoms with Crippen LogP contribution in [0.1, 0.15) is 5.56 Å². The van der Waals surface area contributed by atoms with Gasteiger partial charge in [0.25, 0.3) is 5.69 Å². The molecule has 0 aliphatic heterocycles. The highest BCUT2D eigenvalue weighted by Crippen LogP contribution is 2.26. The summed E-state index contributed by atoms with van der Waals surface area (Å²) in [6.07, 6.45) is 0. The lowest BCUT2D eigenvalue weighted by molar-refractivity contribution is -0.387. The molecule has 0 bridgehead atoms. The van der Waals surface area contributed by atoms with Gasteiger partial charge in [-0.2, -0.15) is 0 Å². The molecule has 0 atom stereocenters. The number of sulfonamides is 1. The molecule has 18 heavy (non-hydrogen) atoms. The van der Waals surface area contributed by atoms with Gasteiger partial charge < -0.3 is 4.74 Å². The number of nitro benzene ring substituents is 1. The van der Waals surface area contributed by atoms with Crippen molar-refractivity contribution in [3.63, 3.8) is 0 Å². The van der Waals surface area contributed by atoms with Crippen molar-refractivity contribution in [3.05, 3.63) is 33.9 Å². The molecule has 0 aliphatic rings. The van der Waals surface area contributed by atoms with Crippen LogP contribution in [-0.4, -0.2) is 33.6 Å². The first-order chi connectivity index (χ1) is 8.40. The molecule has 0 fully saturated rings. The topological polar surface area (TPSA) is 98.5 Å². The number of methoxy groups -OCH3 is 1. The molecule has 8 heteroatoms. The van der Waals surface area contributed by atoms with Crippen LogP contribution >= 0.6 is 0 Å². The van der Waals surface area contributed by atoms with Crippen molar-refractivity contribution in [2.45, 2.75) is 11.8 Å². The van der Waals surface area contributed by atoms with Crippen molar-refractivity contribution < 1.29 is 18.1 Å². The molecule has 0 saturated heterocycles. The lowest BCUT2D eigenvalue weighted by Gasteiger charge is -2.09. The van der Waals surface area contributed by atoms with Crippen molar-refractivity contribution in [1.82, 2.24) is 4.72 Å². The Morgan fingerprint density at radius 3 is 2.67 bits per heavy atom. The van der Waals surface area contributed by atoms with E-state index in [0.29, 0.717) is 5.56 Å². The third kappa shape index (κ3) is 3.25. The summed E-state index contributed by atoms with van der Waals surface area (Å²) >= 11 is 0.